The molecule has 1 unspecified atom stereocenters. The summed E-state index contributed by atoms with van der Waals surface area (Å²) in [5.74, 6) is 0. The Kier molecular flexibility index (Phi) is 4.48. The summed E-state index contributed by atoms with van der Waals surface area (Å²) < 4.78 is 1.64. The Hall–Kier alpha value is -1.09. The highest BCUT2D eigenvalue weighted by Gasteiger charge is 2.12. The van der Waals surface area contributed by atoms with Crippen LogP contribution in [0.1, 0.15) is 0 Å². The Balaban J connectivity index is 2.25. The van der Waals surface area contributed by atoms with Crippen LogP contribution in [-0.2, 0) is 0 Å². The smallest absolute Gasteiger partial charge is 0.106 e. The molecule has 21 heavy (non-hydrogen) atoms. The molecule has 0 fully saturated rings. The first-order chi connectivity index (χ1) is 10.1. The predicted octanol–water partition coefficient (Wildman–Crippen LogP) is 4.84. The highest BCUT2D eigenvalue weighted by atomic mass is 79.9. The van der Waals surface area contributed by atoms with Crippen molar-refractivity contribution in [3.05, 3.63) is 63.8 Å². The van der Waals surface area contributed by atoms with Gasteiger partial charge in [0.1, 0.15) is 9.21 Å². The van der Waals surface area contributed by atoms with E-state index in [4.69, 9.17) is 0 Å². The molecular formula is C16H11Br2N2P. The van der Waals surface area contributed by atoms with Crippen molar-refractivity contribution in [2.75, 3.05) is 0 Å². The monoisotopic (exact) mass is 420 g/mol. The van der Waals surface area contributed by atoms with E-state index in [-0.39, 0.29) is 0 Å². The summed E-state index contributed by atoms with van der Waals surface area (Å²) in [6.07, 6.45) is 0. The SMILES string of the molecule is Pc1cccc(-c2cccc(Br)n2)c1-c1cccc(Br)n1. The Labute approximate surface area is 142 Å². The van der Waals surface area contributed by atoms with Crippen LogP contribution < -0.4 is 5.30 Å². The maximum Gasteiger partial charge on any atom is 0.106 e. The van der Waals surface area contributed by atoms with Gasteiger partial charge < -0.3 is 0 Å². The van der Waals surface area contributed by atoms with Crippen molar-refractivity contribution in [1.82, 2.24) is 9.97 Å². The summed E-state index contributed by atoms with van der Waals surface area (Å²) in [6.45, 7) is 0. The van der Waals surface area contributed by atoms with Gasteiger partial charge in [0.25, 0.3) is 0 Å². The predicted molar refractivity (Wildman–Crippen MR) is 97.6 cm³/mol. The van der Waals surface area contributed by atoms with E-state index in [2.05, 4.69) is 63.2 Å². The van der Waals surface area contributed by atoms with Gasteiger partial charge in [0.15, 0.2) is 0 Å². The van der Waals surface area contributed by atoms with E-state index < -0.39 is 0 Å². The molecule has 3 aromatic rings. The zero-order valence-electron chi connectivity index (χ0n) is 10.9. The maximum atomic E-state index is 4.58. The van der Waals surface area contributed by atoms with Crippen molar-refractivity contribution >= 4 is 46.4 Å². The van der Waals surface area contributed by atoms with Gasteiger partial charge >= 0.3 is 0 Å². The van der Waals surface area contributed by atoms with Gasteiger partial charge in [0, 0.05) is 11.1 Å². The van der Waals surface area contributed by atoms with Gasteiger partial charge in [0.2, 0.25) is 0 Å². The first-order valence-electron chi connectivity index (χ1n) is 6.29. The van der Waals surface area contributed by atoms with E-state index in [1.54, 1.807) is 0 Å². The topological polar surface area (TPSA) is 25.8 Å². The van der Waals surface area contributed by atoms with Gasteiger partial charge in [-0.2, -0.15) is 0 Å². The summed E-state index contributed by atoms with van der Waals surface area (Å²) in [5, 5.41) is 1.10. The number of hydrogen-bond donors (Lipinski definition) is 0. The second-order valence-electron chi connectivity index (χ2n) is 4.46. The number of pyridine rings is 2. The Morgan fingerprint density at radius 2 is 1.29 bits per heavy atom. The molecule has 2 heterocycles. The van der Waals surface area contributed by atoms with Crippen molar-refractivity contribution in [2.24, 2.45) is 0 Å². The summed E-state index contributed by atoms with van der Waals surface area (Å²) in [5.41, 5.74) is 3.99. The van der Waals surface area contributed by atoms with E-state index in [1.165, 1.54) is 0 Å². The van der Waals surface area contributed by atoms with Crippen LogP contribution in [0.5, 0.6) is 0 Å². The standard InChI is InChI=1S/C16H11Br2N2P/c17-14-8-2-5-11(19-14)10-4-1-7-13(21)16(10)12-6-3-9-15(18)20-12/h1-9H,21H2. The molecule has 0 aliphatic heterocycles. The molecule has 0 aliphatic rings. The summed E-state index contributed by atoms with van der Waals surface area (Å²) in [6, 6.07) is 18.0. The fourth-order valence-corrected chi connectivity index (χ4v) is 3.28. The molecule has 0 bridgehead atoms. The molecule has 0 saturated heterocycles. The second kappa shape index (κ2) is 6.35. The lowest BCUT2D eigenvalue weighted by molar-refractivity contribution is 1.26. The van der Waals surface area contributed by atoms with Crippen molar-refractivity contribution in [2.45, 2.75) is 0 Å². The molecular weight excluding hydrogens is 411 g/mol. The first kappa shape index (κ1) is 14.8. The maximum absolute atomic E-state index is 4.58. The van der Waals surface area contributed by atoms with Crippen molar-refractivity contribution in [3.8, 4) is 22.5 Å². The van der Waals surface area contributed by atoms with Crippen molar-refractivity contribution in [1.29, 1.82) is 0 Å². The summed E-state index contributed by atoms with van der Waals surface area (Å²) in [4.78, 5) is 9.14. The average Bonchev–Trinajstić information content (AvgIpc) is 2.47. The van der Waals surface area contributed by atoms with Gasteiger partial charge in [-0.25, -0.2) is 9.97 Å². The van der Waals surface area contributed by atoms with E-state index in [1.807, 2.05) is 42.5 Å². The van der Waals surface area contributed by atoms with Crippen molar-refractivity contribution < 1.29 is 0 Å². The van der Waals surface area contributed by atoms with Crippen LogP contribution in [0.4, 0.5) is 0 Å². The number of aromatic nitrogens is 2. The number of nitrogens with zero attached hydrogens (tertiary/aromatic N) is 2. The third kappa shape index (κ3) is 3.23. The number of hydrogen-bond acceptors (Lipinski definition) is 2. The fraction of sp³-hybridized carbons (Fsp3) is 0. The van der Waals surface area contributed by atoms with Crippen molar-refractivity contribution in [3.63, 3.8) is 0 Å². The van der Waals surface area contributed by atoms with Crippen LogP contribution in [-0.4, -0.2) is 9.97 Å². The minimum absolute atomic E-state index is 0.821. The molecule has 2 nitrogen and oxygen atoms in total. The van der Waals surface area contributed by atoms with Gasteiger partial charge in [-0.15, -0.1) is 9.24 Å². The fourth-order valence-electron chi connectivity index (χ4n) is 2.18. The number of rotatable bonds is 2. The molecule has 0 spiro atoms. The molecule has 0 radical (unpaired) electrons. The number of benzene rings is 1. The lowest BCUT2D eigenvalue weighted by Gasteiger charge is -2.12. The van der Waals surface area contributed by atoms with E-state index in [9.17, 15) is 0 Å². The molecule has 5 heteroatoms. The van der Waals surface area contributed by atoms with E-state index >= 15 is 0 Å². The average molecular weight is 422 g/mol. The van der Waals surface area contributed by atoms with E-state index in [0.29, 0.717) is 0 Å². The van der Waals surface area contributed by atoms with Crippen LogP contribution in [0.25, 0.3) is 22.5 Å². The molecule has 0 saturated carbocycles. The van der Waals surface area contributed by atoms with Gasteiger partial charge in [-0.3, -0.25) is 0 Å². The normalized spacial score (nSPS) is 10.6. The van der Waals surface area contributed by atoms with Crippen LogP contribution >= 0.6 is 41.1 Å². The molecule has 0 N–H and O–H groups in total. The van der Waals surface area contributed by atoms with Crippen LogP contribution in [0.2, 0.25) is 0 Å². The zero-order chi connectivity index (χ0) is 14.8. The summed E-state index contributed by atoms with van der Waals surface area (Å²) >= 11 is 6.87. The van der Waals surface area contributed by atoms with E-state index in [0.717, 1.165) is 37.0 Å². The second-order valence-corrected chi connectivity index (χ2v) is 6.71. The molecule has 0 aliphatic carbocycles. The first-order valence-corrected chi connectivity index (χ1v) is 8.46. The minimum atomic E-state index is 0.821. The Morgan fingerprint density at radius 1 is 0.714 bits per heavy atom. The highest BCUT2D eigenvalue weighted by molar-refractivity contribution is 9.10. The lowest BCUT2D eigenvalue weighted by atomic mass is 10.0. The molecule has 1 atom stereocenters. The van der Waals surface area contributed by atoms with Gasteiger partial charge in [-0.05, 0) is 61.4 Å². The molecule has 3 rings (SSSR count). The van der Waals surface area contributed by atoms with Gasteiger partial charge in [-0.1, -0.05) is 30.3 Å². The Bertz CT molecular complexity index is 806. The molecule has 1 aromatic carbocycles. The molecule has 0 amide bonds. The van der Waals surface area contributed by atoms with Crippen LogP contribution in [0, 0.1) is 0 Å². The quantitative estimate of drug-likeness (QED) is 0.437. The van der Waals surface area contributed by atoms with Crippen LogP contribution in [0.15, 0.2) is 63.8 Å². The zero-order valence-corrected chi connectivity index (χ0v) is 15.3. The third-order valence-corrected chi connectivity index (χ3v) is 4.42. The minimum Gasteiger partial charge on any atom is -0.241 e. The number of halogens is 2. The largest absolute Gasteiger partial charge is 0.241 e. The van der Waals surface area contributed by atoms with Gasteiger partial charge in [0.05, 0.1) is 11.4 Å². The highest BCUT2D eigenvalue weighted by Crippen LogP contribution is 2.31. The summed E-state index contributed by atoms with van der Waals surface area (Å²) in [7, 11) is 2.78. The molecule has 2 aromatic heterocycles. The lowest BCUT2D eigenvalue weighted by Crippen LogP contribution is -2.02. The van der Waals surface area contributed by atoms with Crippen LogP contribution in [0.3, 0.4) is 0 Å². The third-order valence-electron chi connectivity index (χ3n) is 3.06. The molecule has 104 valence electrons. The Morgan fingerprint density at radius 3 is 1.95 bits per heavy atom.